The van der Waals surface area contributed by atoms with E-state index in [0.717, 1.165) is 19.5 Å². The Morgan fingerprint density at radius 2 is 2.55 bits per heavy atom. The molecule has 0 aromatic carbocycles. The number of hydrogen-bond acceptors (Lipinski definition) is 3. The second kappa shape index (κ2) is 2.55. The van der Waals surface area contributed by atoms with Gasteiger partial charge in [-0.1, -0.05) is 0 Å². The van der Waals surface area contributed by atoms with E-state index in [1.807, 2.05) is 0 Å². The summed E-state index contributed by atoms with van der Waals surface area (Å²) >= 11 is 1.80. The maximum absolute atomic E-state index is 8.63. The molecule has 0 saturated carbocycles. The molecule has 1 aromatic rings. The van der Waals surface area contributed by atoms with Gasteiger partial charge < -0.3 is 4.90 Å². The molecule has 2 heterocycles. The van der Waals surface area contributed by atoms with Crippen molar-refractivity contribution in [2.75, 3.05) is 6.54 Å². The molecule has 0 amide bonds. The third kappa shape index (κ3) is 1.10. The van der Waals surface area contributed by atoms with E-state index in [-0.39, 0.29) is 0 Å². The molecule has 0 radical (unpaired) electrons. The molecule has 1 aromatic heterocycles. The fourth-order valence-corrected chi connectivity index (χ4v) is 2.22. The van der Waals surface area contributed by atoms with Crippen molar-refractivity contribution in [2.24, 2.45) is 0 Å². The smallest absolute Gasteiger partial charge is 0.179 e. The molecule has 0 aliphatic carbocycles. The quantitative estimate of drug-likeness (QED) is 0.544. The SMILES string of the molecule is N#CN1CCc2sccc2C1. The molecule has 0 saturated heterocycles. The van der Waals surface area contributed by atoms with Crippen LogP contribution in [0.2, 0.25) is 0 Å². The number of nitriles is 1. The van der Waals surface area contributed by atoms with Crippen molar-refractivity contribution in [2.45, 2.75) is 13.0 Å². The first-order valence-electron chi connectivity index (χ1n) is 3.60. The minimum atomic E-state index is 0.815. The molecule has 56 valence electrons. The average Bonchev–Trinajstić information content (AvgIpc) is 2.50. The summed E-state index contributed by atoms with van der Waals surface area (Å²) in [4.78, 5) is 3.26. The lowest BCUT2D eigenvalue weighted by molar-refractivity contribution is 0.371. The molecule has 0 atom stereocenters. The Morgan fingerprint density at radius 3 is 3.36 bits per heavy atom. The van der Waals surface area contributed by atoms with Gasteiger partial charge in [-0.15, -0.1) is 11.3 Å². The topological polar surface area (TPSA) is 27.0 Å². The van der Waals surface area contributed by atoms with Gasteiger partial charge in [0.25, 0.3) is 0 Å². The molecule has 1 aliphatic heterocycles. The monoisotopic (exact) mass is 164 g/mol. The fourth-order valence-electron chi connectivity index (χ4n) is 1.33. The molecular formula is C8H8N2S. The van der Waals surface area contributed by atoms with Crippen molar-refractivity contribution in [3.63, 3.8) is 0 Å². The highest BCUT2D eigenvalue weighted by molar-refractivity contribution is 7.10. The molecule has 0 spiro atoms. The predicted molar refractivity (Wildman–Crippen MR) is 44.0 cm³/mol. The number of thiophene rings is 1. The van der Waals surface area contributed by atoms with E-state index in [1.54, 1.807) is 16.2 Å². The van der Waals surface area contributed by atoms with E-state index in [4.69, 9.17) is 5.26 Å². The standard InChI is InChI=1S/C8H8N2S/c9-6-10-3-1-8-7(5-10)2-4-11-8/h2,4H,1,3,5H2. The highest BCUT2D eigenvalue weighted by Crippen LogP contribution is 2.23. The zero-order chi connectivity index (χ0) is 7.68. The third-order valence-electron chi connectivity index (χ3n) is 1.95. The fraction of sp³-hybridized carbons (Fsp3) is 0.375. The van der Waals surface area contributed by atoms with Crippen LogP contribution in [0.15, 0.2) is 11.4 Å². The summed E-state index contributed by atoms with van der Waals surface area (Å²) in [5, 5.41) is 10.7. The van der Waals surface area contributed by atoms with E-state index in [0.29, 0.717) is 0 Å². The van der Waals surface area contributed by atoms with E-state index >= 15 is 0 Å². The minimum Gasteiger partial charge on any atom is -0.306 e. The lowest BCUT2D eigenvalue weighted by Crippen LogP contribution is -2.24. The Morgan fingerprint density at radius 1 is 1.64 bits per heavy atom. The van der Waals surface area contributed by atoms with Gasteiger partial charge in [-0.25, -0.2) is 0 Å². The van der Waals surface area contributed by atoms with Crippen molar-refractivity contribution < 1.29 is 0 Å². The Hall–Kier alpha value is -1.01. The maximum atomic E-state index is 8.63. The summed E-state index contributed by atoms with van der Waals surface area (Å²) in [7, 11) is 0. The van der Waals surface area contributed by atoms with E-state index in [9.17, 15) is 0 Å². The Balaban J connectivity index is 2.26. The molecule has 0 unspecified atom stereocenters. The van der Waals surface area contributed by atoms with Crippen LogP contribution >= 0.6 is 11.3 Å². The molecule has 3 heteroatoms. The number of nitrogens with zero attached hydrogens (tertiary/aromatic N) is 2. The van der Waals surface area contributed by atoms with Gasteiger partial charge in [0.05, 0.1) is 6.54 Å². The lowest BCUT2D eigenvalue weighted by atomic mass is 10.1. The first-order chi connectivity index (χ1) is 5.40. The maximum Gasteiger partial charge on any atom is 0.179 e. The molecule has 2 nitrogen and oxygen atoms in total. The van der Waals surface area contributed by atoms with Crippen LogP contribution in [0.3, 0.4) is 0 Å². The van der Waals surface area contributed by atoms with Crippen LogP contribution < -0.4 is 0 Å². The van der Waals surface area contributed by atoms with E-state index in [2.05, 4.69) is 17.6 Å². The number of fused-ring (bicyclic) bond motifs is 1. The van der Waals surface area contributed by atoms with Crippen LogP contribution in [0, 0.1) is 11.5 Å². The highest BCUT2D eigenvalue weighted by atomic mass is 32.1. The van der Waals surface area contributed by atoms with Crippen LogP contribution in [-0.4, -0.2) is 11.4 Å². The third-order valence-corrected chi connectivity index (χ3v) is 2.97. The first-order valence-corrected chi connectivity index (χ1v) is 4.48. The van der Waals surface area contributed by atoms with Crippen molar-refractivity contribution in [1.82, 2.24) is 4.90 Å². The zero-order valence-corrected chi connectivity index (χ0v) is 6.90. The van der Waals surface area contributed by atoms with Crippen molar-refractivity contribution >= 4 is 11.3 Å². The summed E-state index contributed by atoms with van der Waals surface area (Å²) in [6.07, 6.45) is 3.21. The van der Waals surface area contributed by atoms with Crippen LogP contribution in [-0.2, 0) is 13.0 Å². The average molecular weight is 164 g/mol. The normalized spacial score (nSPS) is 15.7. The lowest BCUT2D eigenvalue weighted by Gasteiger charge is -2.20. The van der Waals surface area contributed by atoms with Crippen LogP contribution in [0.25, 0.3) is 0 Å². The molecule has 2 rings (SSSR count). The van der Waals surface area contributed by atoms with Gasteiger partial charge in [-0.05, 0) is 17.0 Å². The second-order valence-corrected chi connectivity index (χ2v) is 3.64. The van der Waals surface area contributed by atoms with Gasteiger partial charge >= 0.3 is 0 Å². The largest absolute Gasteiger partial charge is 0.306 e. The van der Waals surface area contributed by atoms with E-state index in [1.165, 1.54) is 10.4 Å². The van der Waals surface area contributed by atoms with Gasteiger partial charge in [0.1, 0.15) is 0 Å². The minimum absolute atomic E-state index is 0.815. The molecule has 11 heavy (non-hydrogen) atoms. The van der Waals surface area contributed by atoms with Gasteiger partial charge in [0.2, 0.25) is 0 Å². The Kier molecular flexibility index (Phi) is 1.55. The first kappa shape index (κ1) is 6.68. The van der Waals surface area contributed by atoms with Crippen molar-refractivity contribution in [3.05, 3.63) is 21.9 Å². The summed E-state index contributed by atoms with van der Waals surface area (Å²) < 4.78 is 0. The van der Waals surface area contributed by atoms with Crippen molar-refractivity contribution in [3.8, 4) is 6.19 Å². The molecule has 0 N–H and O–H groups in total. The molecule has 0 bridgehead atoms. The van der Waals surface area contributed by atoms with Gasteiger partial charge in [-0.2, -0.15) is 5.26 Å². The second-order valence-electron chi connectivity index (χ2n) is 2.64. The number of hydrogen-bond donors (Lipinski definition) is 0. The van der Waals surface area contributed by atoms with Crippen molar-refractivity contribution in [1.29, 1.82) is 5.26 Å². The van der Waals surface area contributed by atoms with E-state index < -0.39 is 0 Å². The van der Waals surface area contributed by atoms with Gasteiger partial charge in [0.15, 0.2) is 6.19 Å². The Labute approximate surface area is 69.7 Å². The Bertz CT molecular complexity index is 297. The van der Waals surface area contributed by atoms with Crippen LogP contribution in [0.1, 0.15) is 10.4 Å². The zero-order valence-electron chi connectivity index (χ0n) is 6.08. The summed E-state index contributed by atoms with van der Waals surface area (Å²) in [6.45, 7) is 1.71. The van der Waals surface area contributed by atoms with Gasteiger partial charge in [-0.3, -0.25) is 0 Å². The highest BCUT2D eigenvalue weighted by Gasteiger charge is 2.14. The predicted octanol–water partition coefficient (Wildman–Crippen LogP) is 1.59. The molecule has 1 aliphatic rings. The van der Waals surface area contributed by atoms with Crippen LogP contribution in [0.4, 0.5) is 0 Å². The molecule has 0 fully saturated rings. The molecular weight excluding hydrogens is 156 g/mol. The number of rotatable bonds is 0. The summed E-state index contributed by atoms with van der Waals surface area (Å²) in [6, 6.07) is 2.11. The van der Waals surface area contributed by atoms with Gasteiger partial charge in [0, 0.05) is 17.8 Å². The summed E-state index contributed by atoms with van der Waals surface area (Å²) in [5.41, 5.74) is 1.34. The van der Waals surface area contributed by atoms with Crippen LogP contribution in [0.5, 0.6) is 0 Å². The summed E-state index contributed by atoms with van der Waals surface area (Å²) in [5.74, 6) is 0.